The summed E-state index contributed by atoms with van der Waals surface area (Å²) in [6.45, 7) is 6.56. The topological polar surface area (TPSA) is 78.9 Å². The van der Waals surface area contributed by atoms with E-state index in [9.17, 15) is 14.4 Å². The normalized spacial score (nSPS) is 12.6. The maximum atomic E-state index is 12.9. The van der Waals surface area contributed by atoms with Crippen LogP contribution in [-0.4, -0.2) is 37.2 Å². The first-order valence-corrected chi connectivity index (χ1v) is 35.6. The molecule has 0 fully saturated rings. The summed E-state index contributed by atoms with van der Waals surface area (Å²) in [5.74, 6) is -0.857. The molecule has 0 aromatic carbocycles. The van der Waals surface area contributed by atoms with E-state index in [0.29, 0.717) is 19.3 Å². The van der Waals surface area contributed by atoms with Gasteiger partial charge in [0.2, 0.25) is 0 Å². The van der Waals surface area contributed by atoms with Crippen molar-refractivity contribution in [2.45, 2.75) is 367 Å². The smallest absolute Gasteiger partial charge is 0.306 e. The minimum absolute atomic E-state index is 0.0719. The van der Waals surface area contributed by atoms with E-state index in [1.807, 2.05) is 0 Å². The number of hydrogen-bond acceptors (Lipinski definition) is 6. The summed E-state index contributed by atoms with van der Waals surface area (Å²) >= 11 is 0. The molecule has 0 heterocycles. The van der Waals surface area contributed by atoms with E-state index in [1.54, 1.807) is 0 Å². The number of rotatable bonds is 65. The zero-order valence-corrected chi connectivity index (χ0v) is 54.5. The van der Waals surface area contributed by atoms with E-state index in [0.717, 1.165) is 96.3 Å². The highest BCUT2D eigenvalue weighted by atomic mass is 16.6. The van der Waals surface area contributed by atoms with Crippen LogP contribution in [0.4, 0.5) is 0 Å². The maximum absolute atomic E-state index is 12.9. The van der Waals surface area contributed by atoms with Crippen LogP contribution in [0.25, 0.3) is 0 Å². The number of carbonyl (C=O) groups excluding carboxylic acids is 3. The lowest BCUT2D eigenvalue weighted by atomic mass is 10.0. The number of ether oxygens (including phenoxy) is 3. The molecule has 1 unspecified atom stereocenters. The van der Waals surface area contributed by atoms with Gasteiger partial charge in [0.05, 0.1) is 0 Å². The molecule has 0 rings (SSSR count). The molecule has 0 aliphatic carbocycles. The van der Waals surface area contributed by atoms with Crippen LogP contribution in [0, 0.1) is 0 Å². The van der Waals surface area contributed by atoms with Crippen LogP contribution in [0.5, 0.6) is 0 Å². The van der Waals surface area contributed by atoms with Gasteiger partial charge in [-0.1, -0.05) is 331 Å². The van der Waals surface area contributed by atoms with Gasteiger partial charge in [0, 0.05) is 19.3 Å². The molecule has 0 aliphatic heterocycles. The molecule has 0 saturated carbocycles. The lowest BCUT2D eigenvalue weighted by Gasteiger charge is -2.18. The van der Waals surface area contributed by atoms with Crippen molar-refractivity contribution in [1.82, 2.24) is 0 Å². The Bertz CT molecular complexity index is 1550. The summed E-state index contributed by atoms with van der Waals surface area (Å²) in [5.41, 5.74) is 0. The lowest BCUT2D eigenvalue weighted by Crippen LogP contribution is -2.30. The van der Waals surface area contributed by atoms with E-state index in [-0.39, 0.29) is 31.1 Å². The molecule has 6 nitrogen and oxygen atoms in total. The van der Waals surface area contributed by atoms with Crippen LogP contribution in [0.3, 0.4) is 0 Å². The lowest BCUT2D eigenvalue weighted by molar-refractivity contribution is -0.167. The van der Waals surface area contributed by atoms with Crippen LogP contribution in [0.1, 0.15) is 361 Å². The SMILES string of the molecule is CC/C=C\C/C=C\C/C=C\C/C=C\C/C=C\C/C=C\CCCCCCCCCCCCCCCCCCC(=O)OCC(COC(=O)CCCCCCCCCCCCC)OC(=O)CCCCCCCCC/C=C\CCCCCCCCC. The highest BCUT2D eigenvalue weighted by molar-refractivity contribution is 5.71. The van der Waals surface area contributed by atoms with Gasteiger partial charge in [-0.05, 0) is 96.3 Å². The largest absolute Gasteiger partial charge is 0.462 e. The third-order valence-electron chi connectivity index (χ3n) is 15.6. The fourth-order valence-electron chi connectivity index (χ4n) is 10.3. The summed E-state index contributed by atoms with van der Waals surface area (Å²) in [4.78, 5) is 38.3. The summed E-state index contributed by atoms with van der Waals surface area (Å²) in [5, 5.41) is 0. The monoisotopic (exact) mass is 1140 g/mol. The van der Waals surface area contributed by atoms with Crippen molar-refractivity contribution in [3.63, 3.8) is 0 Å². The number of carbonyl (C=O) groups is 3. The van der Waals surface area contributed by atoms with Gasteiger partial charge in [0.15, 0.2) is 6.10 Å². The molecule has 0 aromatic heterocycles. The van der Waals surface area contributed by atoms with Crippen molar-refractivity contribution in [3.05, 3.63) is 85.1 Å². The number of hydrogen-bond donors (Lipinski definition) is 0. The Morgan fingerprint density at radius 1 is 0.256 bits per heavy atom. The second-order valence-electron chi connectivity index (χ2n) is 23.8. The van der Waals surface area contributed by atoms with E-state index in [4.69, 9.17) is 14.2 Å². The Hall–Kier alpha value is -3.41. The van der Waals surface area contributed by atoms with Gasteiger partial charge in [0.25, 0.3) is 0 Å². The molecule has 0 spiro atoms. The number of esters is 3. The summed E-state index contributed by atoms with van der Waals surface area (Å²) in [7, 11) is 0. The highest BCUT2D eigenvalue weighted by Gasteiger charge is 2.19. The first kappa shape index (κ1) is 78.6. The fourth-order valence-corrected chi connectivity index (χ4v) is 10.3. The van der Waals surface area contributed by atoms with E-state index >= 15 is 0 Å². The van der Waals surface area contributed by atoms with Crippen molar-refractivity contribution in [2.75, 3.05) is 13.2 Å². The minimum Gasteiger partial charge on any atom is -0.462 e. The Morgan fingerprint density at radius 2 is 0.476 bits per heavy atom. The molecule has 0 amide bonds. The predicted octanol–water partition coefficient (Wildman–Crippen LogP) is 24.6. The Balaban J connectivity index is 4.12. The molecule has 0 bridgehead atoms. The first-order chi connectivity index (χ1) is 40.5. The van der Waals surface area contributed by atoms with Crippen molar-refractivity contribution in [3.8, 4) is 0 Å². The maximum Gasteiger partial charge on any atom is 0.306 e. The first-order valence-electron chi connectivity index (χ1n) is 35.6. The van der Waals surface area contributed by atoms with E-state index in [1.165, 1.54) is 225 Å². The Labute approximate surface area is 509 Å². The molecule has 1 atom stereocenters. The van der Waals surface area contributed by atoms with Crippen LogP contribution in [0.2, 0.25) is 0 Å². The van der Waals surface area contributed by atoms with E-state index < -0.39 is 6.10 Å². The number of allylic oxidation sites excluding steroid dienone is 14. The van der Waals surface area contributed by atoms with Crippen molar-refractivity contribution < 1.29 is 28.6 Å². The molecule has 0 aromatic rings. The third kappa shape index (κ3) is 67.4. The van der Waals surface area contributed by atoms with Crippen LogP contribution in [0.15, 0.2) is 85.1 Å². The average molecular weight is 1140 g/mol. The van der Waals surface area contributed by atoms with Gasteiger partial charge >= 0.3 is 17.9 Å². The molecular weight excluding hydrogens is 1010 g/mol. The molecule has 0 saturated heterocycles. The summed E-state index contributed by atoms with van der Waals surface area (Å²) < 4.78 is 17.0. The van der Waals surface area contributed by atoms with Gasteiger partial charge in [-0.25, -0.2) is 0 Å². The van der Waals surface area contributed by atoms with E-state index in [2.05, 4.69) is 106 Å². The summed E-state index contributed by atoms with van der Waals surface area (Å²) in [6.07, 6.45) is 93.3. The van der Waals surface area contributed by atoms with Crippen molar-refractivity contribution >= 4 is 17.9 Å². The summed E-state index contributed by atoms with van der Waals surface area (Å²) in [6, 6.07) is 0. The highest BCUT2D eigenvalue weighted by Crippen LogP contribution is 2.18. The molecule has 474 valence electrons. The van der Waals surface area contributed by atoms with Gasteiger partial charge in [-0.2, -0.15) is 0 Å². The van der Waals surface area contributed by atoms with Gasteiger partial charge in [-0.15, -0.1) is 0 Å². The Morgan fingerprint density at radius 3 is 0.756 bits per heavy atom. The fraction of sp³-hybridized carbons (Fsp3) is 0.776. The molecule has 0 N–H and O–H groups in total. The van der Waals surface area contributed by atoms with Gasteiger partial charge < -0.3 is 14.2 Å². The predicted molar refractivity (Wildman–Crippen MR) is 358 cm³/mol. The quantitative estimate of drug-likeness (QED) is 0.0261. The third-order valence-corrected chi connectivity index (χ3v) is 15.6. The molecule has 6 heteroatoms. The van der Waals surface area contributed by atoms with Crippen LogP contribution in [-0.2, 0) is 28.6 Å². The zero-order chi connectivity index (χ0) is 59.2. The molecule has 0 aliphatic rings. The number of unbranched alkanes of at least 4 members (excludes halogenated alkanes) is 40. The standard InChI is InChI=1S/C76H134O6/c1-4-7-10-13-16-19-22-24-26-28-30-31-32-33-34-35-36-37-38-39-40-41-42-43-44-45-46-48-49-51-54-57-60-63-66-69-75(78)81-72-73(71-80-74(77)68-65-62-59-56-53-21-18-15-12-9-6-3)82-76(79)70-67-64-61-58-55-52-50-47-29-27-25-23-20-17-14-11-8-5-2/h7,10,16,19,24,26-27,29-31,33-34,36-37,73H,4-6,8-9,11-15,17-18,20-23,25,28,32,35,38-72H2,1-3H3/b10-7-,19-16-,26-24-,29-27-,31-30-,34-33-,37-36-. The van der Waals surface area contributed by atoms with Crippen molar-refractivity contribution in [2.24, 2.45) is 0 Å². The second kappa shape index (κ2) is 70.1. The van der Waals surface area contributed by atoms with Gasteiger partial charge in [-0.3, -0.25) is 14.4 Å². The molecular formula is C76H134O6. The van der Waals surface area contributed by atoms with Crippen LogP contribution < -0.4 is 0 Å². The molecule has 0 radical (unpaired) electrons. The molecule has 82 heavy (non-hydrogen) atoms. The van der Waals surface area contributed by atoms with Crippen molar-refractivity contribution in [1.29, 1.82) is 0 Å². The zero-order valence-electron chi connectivity index (χ0n) is 54.5. The van der Waals surface area contributed by atoms with Crippen LogP contribution >= 0.6 is 0 Å². The van der Waals surface area contributed by atoms with Gasteiger partial charge in [0.1, 0.15) is 13.2 Å². The Kier molecular flexibility index (Phi) is 67.2. The minimum atomic E-state index is -0.775. The second-order valence-corrected chi connectivity index (χ2v) is 23.8. The average Bonchev–Trinajstić information content (AvgIpc) is 3.47.